The van der Waals surface area contributed by atoms with Crippen LogP contribution in [0.4, 0.5) is 5.95 Å². The Labute approximate surface area is 106 Å². The third kappa shape index (κ3) is 3.56. The van der Waals surface area contributed by atoms with Crippen molar-refractivity contribution >= 4 is 13.3 Å². The van der Waals surface area contributed by atoms with Gasteiger partial charge in [0, 0.05) is 19.6 Å². The molecule has 0 radical (unpaired) electrons. The maximum absolute atomic E-state index is 8.65. The van der Waals surface area contributed by atoms with Crippen molar-refractivity contribution in [2.75, 3.05) is 38.1 Å². The fourth-order valence-corrected chi connectivity index (χ4v) is 1.90. The molecule has 98 valence electrons. The Bertz CT molecular complexity index is 376. The van der Waals surface area contributed by atoms with Crippen molar-refractivity contribution in [1.29, 1.82) is 0 Å². The molecule has 7 nitrogen and oxygen atoms in total. The Morgan fingerprint density at radius 2 is 1.89 bits per heavy atom. The molecular formula is C10H17BN4O3. The number of likely N-dealkylation sites (N-methyl/N-ethyl adjacent to an activating group) is 1. The minimum Gasteiger partial charge on any atom is -0.509 e. The number of hydrogen-bond acceptors (Lipinski definition) is 7. The first kappa shape index (κ1) is 13.1. The molecule has 0 saturated carbocycles. The summed E-state index contributed by atoms with van der Waals surface area (Å²) in [6, 6.07) is 0. The van der Waals surface area contributed by atoms with Crippen LogP contribution in [0.25, 0.3) is 0 Å². The molecule has 1 aliphatic heterocycles. The normalized spacial score (nSPS) is 17.4. The van der Waals surface area contributed by atoms with E-state index in [9.17, 15) is 0 Å². The van der Waals surface area contributed by atoms with E-state index in [1.54, 1.807) is 0 Å². The summed E-state index contributed by atoms with van der Waals surface area (Å²) in [5.41, 5.74) is 0. The summed E-state index contributed by atoms with van der Waals surface area (Å²) >= 11 is 0. The number of nitrogens with zero attached hydrogens (tertiary/aromatic N) is 4. The largest absolute Gasteiger partial charge is 0.707 e. The first-order valence-electron chi connectivity index (χ1n) is 5.93. The van der Waals surface area contributed by atoms with Crippen LogP contribution in [0.1, 0.15) is 6.42 Å². The van der Waals surface area contributed by atoms with E-state index in [-0.39, 0.29) is 5.75 Å². The van der Waals surface area contributed by atoms with Crippen LogP contribution in [0, 0.1) is 0 Å². The van der Waals surface area contributed by atoms with E-state index < -0.39 is 7.32 Å². The van der Waals surface area contributed by atoms with Crippen molar-refractivity contribution < 1.29 is 14.7 Å². The van der Waals surface area contributed by atoms with Crippen molar-refractivity contribution in [3.8, 4) is 5.75 Å². The highest BCUT2D eigenvalue weighted by Crippen LogP contribution is 2.14. The first-order chi connectivity index (χ1) is 8.65. The van der Waals surface area contributed by atoms with Gasteiger partial charge >= 0.3 is 7.32 Å². The lowest BCUT2D eigenvalue weighted by Crippen LogP contribution is -2.30. The summed E-state index contributed by atoms with van der Waals surface area (Å²) in [7, 11) is 0.260. The maximum atomic E-state index is 8.65. The van der Waals surface area contributed by atoms with Gasteiger partial charge in [0.05, 0.1) is 12.4 Å². The molecule has 2 heterocycles. The average molecular weight is 252 g/mol. The molecule has 0 atom stereocenters. The van der Waals surface area contributed by atoms with Crippen LogP contribution in [0.15, 0.2) is 12.4 Å². The van der Waals surface area contributed by atoms with Crippen LogP contribution in [0.2, 0.25) is 0 Å². The summed E-state index contributed by atoms with van der Waals surface area (Å²) in [6.07, 6.45) is 3.96. The van der Waals surface area contributed by atoms with E-state index in [0.29, 0.717) is 5.95 Å². The quantitative estimate of drug-likeness (QED) is 0.665. The minimum absolute atomic E-state index is 0.237. The highest BCUT2D eigenvalue weighted by atomic mass is 16.6. The molecular weight excluding hydrogens is 235 g/mol. The van der Waals surface area contributed by atoms with Crippen LogP contribution in [-0.2, 0) is 0 Å². The molecule has 2 N–H and O–H groups in total. The molecule has 1 aromatic heterocycles. The van der Waals surface area contributed by atoms with Gasteiger partial charge in [-0.15, -0.1) is 0 Å². The lowest BCUT2D eigenvalue weighted by atomic mass is 10.2. The van der Waals surface area contributed by atoms with Gasteiger partial charge in [-0.1, -0.05) is 0 Å². The molecule has 1 aliphatic rings. The monoisotopic (exact) mass is 252 g/mol. The molecule has 1 fully saturated rings. The van der Waals surface area contributed by atoms with E-state index in [1.165, 1.54) is 12.4 Å². The average Bonchev–Trinajstić information content (AvgIpc) is 2.54. The Balaban J connectivity index is 2.00. The van der Waals surface area contributed by atoms with E-state index in [1.807, 2.05) is 0 Å². The summed E-state index contributed by atoms with van der Waals surface area (Å²) < 4.78 is 4.66. The Hall–Kier alpha value is -1.38. The second-order valence-corrected chi connectivity index (χ2v) is 4.31. The lowest BCUT2D eigenvalue weighted by molar-refractivity contribution is 0.287. The van der Waals surface area contributed by atoms with Crippen LogP contribution in [0.5, 0.6) is 5.75 Å². The Kier molecular flexibility index (Phi) is 4.35. The molecule has 18 heavy (non-hydrogen) atoms. The van der Waals surface area contributed by atoms with Crippen LogP contribution < -0.4 is 9.55 Å². The maximum Gasteiger partial charge on any atom is 0.707 e. The van der Waals surface area contributed by atoms with Gasteiger partial charge in [0.15, 0.2) is 0 Å². The van der Waals surface area contributed by atoms with Crippen molar-refractivity contribution in [2.24, 2.45) is 0 Å². The number of hydrogen-bond donors (Lipinski definition) is 2. The van der Waals surface area contributed by atoms with E-state index in [4.69, 9.17) is 10.0 Å². The van der Waals surface area contributed by atoms with Gasteiger partial charge in [-0.25, -0.2) is 9.97 Å². The van der Waals surface area contributed by atoms with Crippen LogP contribution in [-0.4, -0.2) is 65.5 Å². The van der Waals surface area contributed by atoms with Gasteiger partial charge in [0.1, 0.15) is 5.75 Å². The summed E-state index contributed by atoms with van der Waals surface area (Å²) in [5, 5.41) is 17.3. The third-order valence-corrected chi connectivity index (χ3v) is 2.86. The molecule has 1 aromatic rings. The van der Waals surface area contributed by atoms with Gasteiger partial charge in [-0.05, 0) is 20.0 Å². The predicted molar refractivity (Wildman–Crippen MR) is 67.2 cm³/mol. The van der Waals surface area contributed by atoms with E-state index in [2.05, 4.69) is 31.5 Å². The standard InChI is InChI=1S/C10H17BN4O3/c1-14-3-2-4-15(6-5-14)10-12-7-9(8-13-10)18-11(16)17/h7-8,16-17H,2-6H2,1H3. The van der Waals surface area contributed by atoms with Gasteiger partial charge < -0.3 is 24.5 Å². The van der Waals surface area contributed by atoms with Gasteiger partial charge in [0.25, 0.3) is 0 Å². The van der Waals surface area contributed by atoms with Gasteiger partial charge in [-0.2, -0.15) is 0 Å². The zero-order valence-electron chi connectivity index (χ0n) is 10.4. The fourth-order valence-electron chi connectivity index (χ4n) is 1.90. The predicted octanol–water partition coefficient (Wildman–Crippen LogP) is -1.03. The van der Waals surface area contributed by atoms with Crippen LogP contribution >= 0.6 is 0 Å². The third-order valence-electron chi connectivity index (χ3n) is 2.86. The first-order valence-corrected chi connectivity index (χ1v) is 5.93. The highest BCUT2D eigenvalue weighted by molar-refractivity contribution is 6.33. The smallest absolute Gasteiger partial charge is 0.509 e. The van der Waals surface area contributed by atoms with Crippen molar-refractivity contribution in [3.05, 3.63) is 12.4 Å². The highest BCUT2D eigenvalue weighted by Gasteiger charge is 2.16. The molecule has 0 aromatic carbocycles. The van der Waals surface area contributed by atoms with Gasteiger partial charge in [-0.3, -0.25) is 0 Å². The lowest BCUT2D eigenvalue weighted by Gasteiger charge is -2.20. The Morgan fingerprint density at radius 1 is 1.17 bits per heavy atom. The molecule has 1 saturated heterocycles. The van der Waals surface area contributed by atoms with E-state index >= 15 is 0 Å². The fraction of sp³-hybridized carbons (Fsp3) is 0.600. The zero-order valence-corrected chi connectivity index (χ0v) is 10.4. The number of aromatic nitrogens is 2. The minimum atomic E-state index is -1.84. The SMILES string of the molecule is CN1CCCN(c2ncc(OB(O)O)cn2)CC1. The molecule has 0 amide bonds. The van der Waals surface area contributed by atoms with Crippen molar-refractivity contribution in [1.82, 2.24) is 14.9 Å². The summed E-state index contributed by atoms with van der Waals surface area (Å²) in [5.74, 6) is 0.880. The van der Waals surface area contributed by atoms with E-state index in [0.717, 1.165) is 32.6 Å². The number of anilines is 1. The molecule has 0 unspecified atom stereocenters. The van der Waals surface area contributed by atoms with Crippen molar-refractivity contribution in [2.45, 2.75) is 6.42 Å². The topological polar surface area (TPSA) is 82.0 Å². The molecule has 2 rings (SSSR count). The molecule has 0 spiro atoms. The Morgan fingerprint density at radius 3 is 2.56 bits per heavy atom. The van der Waals surface area contributed by atoms with Crippen LogP contribution in [0.3, 0.4) is 0 Å². The number of rotatable bonds is 3. The molecule has 0 bridgehead atoms. The second-order valence-electron chi connectivity index (χ2n) is 4.31. The van der Waals surface area contributed by atoms with Crippen molar-refractivity contribution in [3.63, 3.8) is 0 Å². The summed E-state index contributed by atoms with van der Waals surface area (Å²) in [6.45, 7) is 3.87. The molecule has 8 heteroatoms. The molecule has 0 aliphatic carbocycles. The zero-order chi connectivity index (χ0) is 13.0. The summed E-state index contributed by atoms with van der Waals surface area (Å²) in [4.78, 5) is 12.7. The second kappa shape index (κ2) is 5.99. The van der Waals surface area contributed by atoms with Gasteiger partial charge in [0.2, 0.25) is 5.95 Å².